The third kappa shape index (κ3) is 4.35. The van der Waals surface area contributed by atoms with Gasteiger partial charge in [-0.1, -0.05) is 37.3 Å². The fourth-order valence-electron chi connectivity index (χ4n) is 2.60. The van der Waals surface area contributed by atoms with Gasteiger partial charge in [-0.15, -0.1) is 0 Å². The van der Waals surface area contributed by atoms with Gasteiger partial charge in [0.2, 0.25) is 5.91 Å². The van der Waals surface area contributed by atoms with Crippen LogP contribution in [-0.2, 0) is 11.2 Å². The van der Waals surface area contributed by atoms with E-state index < -0.39 is 0 Å². The maximum absolute atomic E-state index is 12.2. The van der Waals surface area contributed by atoms with E-state index in [2.05, 4.69) is 41.8 Å². The van der Waals surface area contributed by atoms with E-state index in [1.54, 1.807) is 0 Å². The first kappa shape index (κ1) is 14.1. The highest BCUT2D eigenvalue weighted by Crippen LogP contribution is 2.13. The lowest BCUT2D eigenvalue weighted by Gasteiger charge is -2.25. The Hall–Kier alpha value is -1.35. The molecule has 3 nitrogen and oxygen atoms in total. The first-order valence-corrected chi connectivity index (χ1v) is 7.34. The number of benzene rings is 1. The number of hydrogen-bond donors (Lipinski definition) is 2. The molecule has 1 aromatic carbocycles. The minimum absolute atomic E-state index is 0.200. The van der Waals surface area contributed by atoms with Gasteiger partial charge >= 0.3 is 0 Å². The lowest BCUT2D eigenvalue weighted by molar-refractivity contribution is -0.126. The fourth-order valence-corrected chi connectivity index (χ4v) is 2.60. The van der Waals surface area contributed by atoms with Gasteiger partial charge in [0.25, 0.3) is 0 Å². The summed E-state index contributed by atoms with van der Waals surface area (Å²) in [5, 5.41) is 6.51. The van der Waals surface area contributed by atoms with Crippen molar-refractivity contribution in [3.63, 3.8) is 0 Å². The van der Waals surface area contributed by atoms with E-state index in [1.165, 1.54) is 5.56 Å². The Morgan fingerprint density at radius 3 is 2.63 bits per heavy atom. The average molecular weight is 260 g/mol. The second-order valence-electron chi connectivity index (χ2n) is 5.33. The van der Waals surface area contributed by atoms with Gasteiger partial charge < -0.3 is 10.6 Å². The number of rotatable bonds is 5. The number of carbonyl (C=O) groups excluding carboxylic acids is 1. The lowest BCUT2D eigenvalue weighted by atomic mass is 9.96. The van der Waals surface area contributed by atoms with Crippen molar-refractivity contribution in [2.45, 2.75) is 38.6 Å². The van der Waals surface area contributed by atoms with Crippen molar-refractivity contribution in [1.29, 1.82) is 0 Å². The summed E-state index contributed by atoms with van der Waals surface area (Å²) in [6.45, 7) is 4.07. The smallest absolute Gasteiger partial charge is 0.223 e. The molecule has 1 aliphatic heterocycles. The molecule has 1 atom stereocenters. The van der Waals surface area contributed by atoms with Gasteiger partial charge in [0.15, 0.2) is 0 Å². The Morgan fingerprint density at radius 2 is 2.00 bits per heavy atom. The summed E-state index contributed by atoms with van der Waals surface area (Å²) in [6, 6.07) is 10.6. The van der Waals surface area contributed by atoms with Gasteiger partial charge in [-0.3, -0.25) is 4.79 Å². The number of hydrogen-bond acceptors (Lipinski definition) is 2. The molecule has 1 fully saturated rings. The third-order valence-corrected chi connectivity index (χ3v) is 3.87. The molecule has 3 heteroatoms. The quantitative estimate of drug-likeness (QED) is 0.851. The van der Waals surface area contributed by atoms with Crippen LogP contribution in [0.3, 0.4) is 0 Å². The van der Waals surface area contributed by atoms with Crippen molar-refractivity contribution in [3.05, 3.63) is 35.9 Å². The van der Waals surface area contributed by atoms with Crippen LogP contribution < -0.4 is 10.6 Å². The molecule has 1 unspecified atom stereocenters. The molecule has 0 saturated carbocycles. The molecule has 0 spiro atoms. The third-order valence-electron chi connectivity index (χ3n) is 3.87. The highest BCUT2D eigenvalue weighted by molar-refractivity contribution is 5.79. The normalized spacial score (nSPS) is 17.9. The predicted octanol–water partition coefficient (Wildman–Crippen LogP) is 2.12. The zero-order valence-corrected chi connectivity index (χ0v) is 11.7. The van der Waals surface area contributed by atoms with Crippen LogP contribution in [0.15, 0.2) is 30.3 Å². The summed E-state index contributed by atoms with van der Waals surface area (Å²) in [6.07, 6.45) is 3.83. The van der Waals surface area contributed by atoms with Crippen molar-refractivity contribution in [1.82, 2.24) is 10.6 Å². The molecule has 0 aromatic heterocycles. The van der Waals surface area contributed by atoms with Gasteiger partial charge in [0.05, 0.1) is 0 Å². The van der Waals surface area contributed by atoms with Crippen molar-refractivity contribution in [3.8, 4) is 0 Å². The molecule has 1 amide bonds. The molecule has 19 heavy (non-hydrogen) atoms. The molecule has 104 valence electrons. The van der Waals surface area contributed by atoms with Gasteiger partial charge in [-0.25, -0.2) is 0 Å². The van der Waals surface area contributed by atoms with Crippen molar-refractivity contribution >= 4 is 5.91 Å². The van der Waals surface area contributed by atoms with Crippen molar-refractivity contribution in [2.75, 3.05) is 13.1 Å². The summed E-state index contributed by atoms with van der Waals surface area (Å²) in [5.41, 5.74) is 1.29. The van der Waals surface area contributed by atoms with E-state index >= 15 is 0 Å². The van der Waals surface area contributed by atoms with Crippen LogP contribution in [0, 0.1) is 5.92 Å². The topological polar surface area (TPSA) is 41.1 Å². The highest BCUT2D eigenvalue weighted by Gasteiger charge is 2.22. The predicted molar refractivity (Wildman–Crippen MR) is 78.0 cm³/mol. The Bertz CT molecular complexity index is 385. The van der Waals surface area contributed by atoms with Crippen LogP contribution in [-0.4, -0.2) is 25.0 Å². The summed E-state index contributed by atoms with van der Waals surface area (Å²) < 4.78 is 0. The number of piperidine rings is 1. The van der Waals surface area contributed by atoms with Crippen LogP contribution in [0.25, 0.3) is 0 Å². The Kier molecular flexibility index (Phi) is 5.40. The van der Waals surface area contributed by atoms with E-state index in [4.69, 9.17) is 0 Å². The molecule has 1 aromatic rings. The summed E-state index contributed by atoms with van der Waals surface area (Å²) >= 11 is 0. The molecule has 0 aliphatic carbocycles. The van der Waals surface area contributed by atoms with Crippen molar-refractivity contribution < 1.29 is 4.79 Å². The van der Waals surface area contributed by atoms with Crippen molar-refractivity contribution in [2.24, 2.45) is 5.92 Å². The monoisotopic (exact) mass is 260 g/mol. The standard InChI is InChI=1S/C16H24N2O/c1-2-15(12-13-6-4-3-5-7-13)18-16(19)14-8-10-17-11-9-14/h3-7,14-15,17H,2,8-12H2,1H3,(H,18,19). The van der Waals surface area contributed by atoms with E-state index in [-0.39, 0.29) is 17.9 Å². The first-order chi connectivity index (χ1) is 9.29. The van der Waals surface area contributed by atoms with Gasteiger partial charge in [-0.05, 0) is 44.3 Å². The second-order valence-corrected chi connectivity index (χ2v) is 5.33. The Labute approximate surface area is 115 Å². The first-order valence-electron chi connectivity index (χ1n) is 7.34. The fraction of sp³-hybridized carbons (Fsp3) is 0.562. The number of carbonyl (C=O) groups is 1. The van der Waals surface area contributed by atoms with Crippen LogP contribution in [0.2, 0.25) is 0 Å². The Morgan fingerprint density at radius 1 is 1.32 bits per heavy atom. The van der Waals surface area contributed by atoms with E-state index in [9.17, 15) is 4.79 Å². The van der Waals surface area contributed by atoms with E-state index in [0.29, 0.717) is 0 Å². The minimum Gasteiger partial charge on any atom is -0.353 e. The zero-order chi connectivity index (χ0) is 13.5. The van der Waals surface area contributed by atoms with Crippen LogP contribution in [0.5, 0.6) is 0 Å². The maximum atomic E-state index is 12.2. The zero-order valence-electron chi connectivity index (χ0n) is 11.7. The molecule has 1 saturated heterocycles. The summed E-state index contributed by atoms with van der Waals surface area (Å²) in [5.74, 6) is 0.440. The van der Waals surface area contributed by atoms with Gasteiger partial charge in [0, 0.05) is 12.0 Å². The van der Waals surface area contributed by atoms with E-state index in [1.807, 2.05) is 6.07 Å². The van der Waals surface area contributed by atoms with Gasteiger partial charge in [-0.2, -0.15) is 0 Å². The molecule has 1 heterocycles. The molecule has 0 radical (unpaired) electrons. The molecule has 1 aliphatic rings. The average Bonchev–Trinajstić information content (AvgIpc) is 2.48. The molecule has 2 rings (SSSR count). The maximum Gasteiger partial charge on any atom is 0.223 e. The summed E-state index contributed by atoms with van der Waals surface area (Å²) in [7, 11) is 0. The number of nitrogens with one attached hydrogen (secondary N) is 2. The van der Waals surface area contributed by atoms with Crippen LogP contribution >= 0.6 is 0 Å². The molecular formula is C16H24N2O. The Balaban J connectivity index is 1.86. The van der Waals surface area contributed by atoms with Crippen LogP contribution in [0.1, 0.15) is 31.7 Å². The number of amides is 1. The largest absolute Gasteiger partial charge is 0.353 e. The second kappa shape index (κ2) is 7.29. The van der Waals surface area contributed by atoms with E-state index in [0.717, 1.165) is 38.8 Å². The minimum atomic E-state index is 0.200. The SMILES string of the molecule is CCC(Cc1ccccc1)NC(=O)C1CCNCC1. The van der Waals surface area contributed by atoms with Crippen LogP contribution in [0.4, 0.5) is 0 Å². The van der Waals surface area contributed by atoms with Gasteiger partial charge in [0.1, 0.15) is 0 Å². The highest BCUT2D eigenvalue weighted by atomic mass is 16.1. The lowest BCUT2D eigenvalue weighted by Crippen LogP contribution is -2.43. The molecular weight excluding hydrogens is 236 g/mol. The summed E-state index contributed by atoms with van der Waals surface area (Å²) in [4.78, 5) is 12.2. The molecule has 0 bridgehead atoms. The molecule has 2 N–H and O–H groups in total.